The molecule has 0 aliphatic carbocycles. The summed E-state index contributed by atoms with van der Waals surface area (Å²) in [6, 6.07) is 7.38. The van der Waals surface area contributed by atoms with Crippen LogP contribution in [0.25, 0.3) is 0 Å². The van der Waals surface area contributed by atoms with Gasteiger partial charge in [0.25, 0.3) is 0 Å². The van der Waals surface area contributed by atoms with Crippen molar-refractivity contribution in [3.63, 3.8) is 0 Å². The molecule has 0 saturated heterocycles. The maximum Gasteiger partial charge on any atom is 0.217 e. The average molecular weight is 301 g/mol. The minimum Gasteiger partial charge on any atom is -0.389 e. The number of carbonyl (C=O) groups is 1. The molecule has 0 aliphatic rings. The van der Waals surface area contributed by atoms with Crippen LogP contribution in [0.4, 0.5) is 0 Å². The molecule has 1 rings (SSSR count). The molecule has 1 amide bonds. The Morgan fingerprint density at radius 1 is 1.40 bits per heavy atom. The van der Waals surface area contributed by atoms with Gasteiger partial charge in [-0.05, 0) is 30.7 Å². The number of nitrogens with one attached hydrogen (secondary N) is 1. The number of amides is 1. The zero-order chi connectivity index (χ0) is 14.8. The van der Waals surface area contributed by atoms with Gasteiger partial charge in [-0.15, -0.1) is 0 Å². The van der Waals surface area contributed by atoms with Gasteiger partial charge in [-0.1, -0.05) is 23.7 Å². The summed E-state index contributed by atoms with van der Waals surface area (Å²) in [6.45, 7) is 1.78. The highest BCUT2D eigenvalue weighted by Gasteiger charge is 2.04. The third-order valence-corrected chi connectivity index (χ3v) is 2.90. The molecule has 0 aliphatic heterocycles. The number of benzene rings is 1. The molecule has 1 aromatic rings. The minimum absolute atomic E-state index is 0.255. The molecule has 4 N–H and O–H groups in total. The van der Waals surface area contributed by atoms with Crippen molar-refractivity contribution in [2.45, 2.75) is 25.6 Å². The van der Waals surface area contributed by atoms with Gasteiger partial charge in [-0.2, -0.15) is 0 Å². The van der Waals surface area contributed by atoms with E-state index in [2.05, 4.69) is 5.32 Å². The Labute approximate surface area is 124 Å². The number of aliphatic hydroxyl groups is 1. The highest BCUT2D eigenvalue weighted by Crippen LogP contribution is 2.10. The Kier molecular flexibility index (Phi) is 8.22. The number of ether oxygens (including phenoxy) is 1. The molecule has 5 nitrogen and oxygen atoms in total. The SMILES string of the molecule is NC(=O)CCCNCC(O)COCc1ccc(Cl)cc1. The lowest BCUT2D eigenvalue weighted by Gasteiger charge is -2.12. The van der Waals surface area contributed by atoms with Crippen LogP contribution in [0, 0.1) is 0 Å². The van der Waals surface area contributed by atoms with Crippen LogP contribution in [0.2, 0.25) is 5.02 Å². The van der Waals surface area contributed by atoms with Crippen LogP contribution < -0.4 is 11.1 Å². The Morgan fingerprint density at radius 2 is 2.10 bits per heavy atom. The maximum absolute atomic E-state index is 10.5. The quantitative estimate of drug-likeness (QED) is 0.564. The van der Waals surface area contributed by atoms with Gasteiger partial charge < -0.3 is 20.9 Å². The Balaban J connectivity index is 2.03. The number of carbonyl (C=O) groups excluding carboxylic acids is 1. The number of primary amides is 1. The number of aliphatic hydroxyl groups excluding tert-OH is 1. The second-order valence-electron chi connectivity index (χ2n) is 4.57. The summed E-state index contributed by atoms with van der Waals surface area (Å²) in [4.78, 5) is 10.5. The first kappa shape index (κ1) is 16.9. The Morgan fingerprint density at radius 3 is 2.75 bits per heavy atom. The fourth-order valence-corrected chi connectivity index (χ4v) is 1.73. The summed E-state index contributed by atoms with van der Waals surface area (Å²) in [7, 11) is 0. The van der Waals surface area contributed by atoms with Crippen LogP contribution in [-0.2, 0) is 16.1 Å². The molecule has 1 unspecified atom stereocenters. The largest absolute Gasteiger partial charge is 0.389 e. The van der Waals surface area contributed by atoms with Gasteiger partial charge in [0.05, 0.1) is 19.3 Å². The molecular weight excluding hydrogens is 280 g/mol. The van der Waals surface area contributed by atoms with E-state index in [-0.39, 0.29) is 12.5 Å². The first-order chi connectivity index (χ1) is 9.58. The zero-order valence-electron chi connectivity index (χ0n) is 11.3. The van der Waals surface area contributed by atoms with Crippen LogP contribution in [0.1, 0.15) is 18.4 Å². The van der Waals surface area contributed by atoms with E-state index >= 15 is 0 Å². The Hall–Kier alpha value is -1.14. The van der Waals surface area contributed by atoms with E-state index in [1.54, 1.807) is 12.1 Å². The Bertz CT molecular complexity index is 398. The third-order valence-electron chi connectivity index (χ3n) is 2.65. The van der Waals surface area contributed by atoms with Gasteiger partial charge in [0.1, 0.15) is 0 Å². The average Bonchev–Trinajstić information content (AvgIpc) is 2.40. The molecule has 0 saturated carbocycles. The number of rotatable bonds is 10. The number of halogens is 1. The fourth-order valence-electron chi connectivity index (χ4n) is 1.61. The first-order valence-electron chi connectivity index (χ1n) is 6.57. The number of hydrogen-bond acceptors (Lipinski definition) is 4. The van der Waals surface area contributed by atoms with Crippen LogP contribution in [-0.4, -0.2) is 36.8 Å². The summed E-state index contributed by atoms with van der Waals surface area (Å²) in [5.74, 6) is -0.307. The van der Waals surface area contributed by atoms with Crippen molar-refractivity contribution in [1.82, 2.24) is 5.32 Å². The molecule has 6 heteroatoms. The molecular formula is C14H21ClN2O3. The lowest BCUT2D eigenvalue weighted by Crippen LogP contribution is -2.31. The van der Waals surface area contributed by atoms with Gasteiger partial charge >= 0.3 is 0 Å². The van der Waals surface area contributed by atoms with Crippen LogP contribution in [0.15, 0.2) is 24.3 Å². The van der Waals surface area contributed by atoms with E-state index in [0.717, 1.165) is 5.56 Å². The van der Waals surface area contributed by atoms with E-state index < -0.39 is 6.10 Å². The van der Waals surface area contributed by atoms with Crippen LogP contribution in [0.5, 0.6) is 0 Å². The highest BCUT2D eigenvalue weighted by molar-refractivity contribution is 6.30. The second kappa shape index (κ2) is 9.72. The van der Waals surface area contributed by atoms with Gasteiger partial charge in [0.15, 0.2) is 0 Å². The van der Waals surface area contributed by atoms with Gasteiger partial charge in [0.2, 0.25) is 5.91 Å². The third kappa shape index (κ3) is 8.12. The molecule has 0 bridgehead atoms. The van der Waals surface area contributed by atoms with E-state index in [1.807, 2.05) is 12.1 Å². The molecule has 0 aromatic heterocycles. The molecule has 0 spiro atoms. The van der Waals surface area contributed by atoms with Crippen LogP contribution >= 0.6 is 11.6 Å². The summed E-state index contributed by atoms with van der Waals surface area (Å²) >= 11 is 5.78. The van der Waals surface area contributed by atoms with Crippen molar-refractivity contribution in [2.24, 2.45) is 5.73 Å². The molecule has 1 aromatic carbocycles. The number of hydrogen-bond donors (Lipinski definition) is 3. The monoisotopic (exact) mass is 300 g/mol. The van der Waals surface area contributed by atoms with Crippen LogP contribution in [0.3, 0.4) is 0 Å². The molecule has 0 radical (unpaired) electrons. The van der Waals surface area contributed by atoms with Gasteiger partial charge in [-0.25, -0.2) is 0 Å². The van der Waals surface area contributed by atoms with Gasteiger partial charge in [0, 0.05) is 18.0 Å². The maximum atomic E-state index is 10.5. The summed E-state index contributed by atoms with van der Waals surface area (Å²) in [5.41, 5.74) is 6.03. The zero-order valence-corrected chi connectivity index (χ0v) is 12.1. The van der Waals surface area contributed by atoms with Crippen molar-refractivity contribution in [1.29, 1.82) is 0 Å². The lowest BCUT2D eigenvalue weighted by molar-refractivity contribution is -0.118. The minimum atomic E-state index is -0.573. The van der Waals surface area contributed by atoms with E-state index in [4.69, 9.17) is 22.1 Å². The summed E-state index contributed by atoms with van der Waals surface area (Å²) in [6.07, 6.45) is 0.458. The topological polar surface area (TPSA) is 84.6 Å². The smallest absolute Gasteiger partial charge is 0.217 e. The van der Waals surface area contributed by atoms with E-state index in [0.29, 0.717) is 37.6 Å². The number of nitrogens with two attached hydrogens (primary N) is 1. The summed E-state index contributed by atoms with van der Waals surface area (Å²) in [5, 5.41) is 13.4. The molecule has 0 heterocycles. The van der Waals surface area contributed by atoms with Crippen molar-refractivity contribution < 1.29 is 14.6 Å². The van der Waals surface area contributed by atoms with Crippen molar-refractivity contribution in [3.8, 4) is 0 Å². The fraction of sp³-hybridized carbons (Fsp3) is 0.500. The van der Waals surface area contributed by atoms with Crippen molar-refractivity contribution >= 4 is 17.5 Å². The standard InChI is InChI=1S/C14H21ClN2O3/c15-12-5-3-11(4-6-12)9-20-10-13(18)8-17-7-1-2-14(16)19/h3-6,13,17-18H,1-2,7-10H2,(H2,16,19). The van der Waals surface area contributed by atoms with Crippen molar-refractivity contribution in [3.05, 3.63) is 34.9 Å². The van der Waals surface area contributed by atoms with E-state index in [1.165, 1.54) is 0 Å². The molecule has 0 fully saturated rings. The molecule has 112 valence electrons. The normalized spacial score (nSPS) is 12.3. The van der Waals surface area contributed by atoms with E-state index in [9.17, 15) is 9.90 Å². The molecule has 1 atom stereocenters. The summed E-state index contributed by atoms with van der Waals surface area (Å²) < 4.78 is 5.41. The predicted octanol–water partition coefficient (Wildman–Crippen LogP) is 1.07. The first-order valence-corrected chi connectivity index (χ1v) is 6.95. The highest BCUT2D eigenvalue weighted by atomic mass is 35.5. The second-order valence-corrected chi connectivity index (χ2v) is 5.01. The molecule has 20 heavy (non-hydrogen) atoms. The lowest BCUT2D eigenvalue weighted by atomic mass is 10.2. The predicted molar refractivity (Wildman–Crippen MR) is 78.4 cm³/mol. The van der Waals surface area contributed by atoms with Crippen molar-refractivity contribution in [2.75, 3.05) is 19.7 Å². The van der Waals surface area contributed by atoms with Gasteiger partial charge in [-0.3, -0.25) is 4.79 Å².